The van der Waals surface area contributed by atoms with Crippen LogP contribution < -0.4 is 0 Å². The molecule has 0 aliphatic heterocycles. The highest BCUT2D eigenvalue weighted by atomic mass is 14.3. The van der Waals surface area contributed by atoms with E-state index in [2.05, 4.69) is 20.8 Å². The molecule has 11 heavy (non-hydrogen) atoms. The molecule has 0 saturated heterocycles. The highest BCUT2D eigenvalue weighted by Crippen LogP contribution is 2.32. The highest BCUT2D eigenvalue weighted by molar-refractivity contribution is 4.72. The Morgan fingerprint density at radius 1 is 0.818 bits per heavy atom. The van der Waals surface area contributed by atoms with Crippen molar-refractivity contribution in [2.24, 2.45) is 17.8 Å². The first-order valence-corrected chi connectivity index (χ1v) is 5.20. The second-order valence-electron chi connectivity index (χ2n) is 3.87. The van der Waals surface area contributed by atoms with Gasteiger partial charge in [0.1, 0.15) is 0 Å². The Kier molecular flexibility index (Phi) is 5.62. The van der Waals surface area contributed by atoms with Crippen LogP contribution in [0.5, 0.6) is 0 Å². The van der Waals surface area contributed by atoms with Gasteiger partial charge in [-0.1, -0.05) is 47.5 Å². The molecule has 1 aliphatic carbocycles. The first-order valence-electron chi connectivity index (χ1n) is 5.20. The molecule has 1 unspecified atom stereocenters. The standard InChI is InChI=1S/C9H18.C2H6/c1-7-4-5-8(2)9(3)6-7;1-2/h7-9H,4-6H2,1-3H3;1-2H3/t7?,8-,9-;/m1./s1. The van der Waals surface area contributed by atoms with E-state index < -0.39 is 0 Å². The predicted octanol–water partition coefficient (Wildman–Crippen LogP) is 4.10. The lowest BCUT2D eigenvalue weighted by Crippen LogP contribution is -2.18. The molecular formula is C11H24. The smallest absolute Gasteiger partial charge is 0.0414 e. The molecule has 0 heteroatoms. The maximum Gasteiger partial charge on any atom is -0.0414 e. The van der Waals surface area contributed by atoms with E-state index in [0.717, 1.165) is 17.8 Å². The molecule has 0 spiro atoms. The minimum atomic E-state index is 0.980. The summed E-state index contributed by atoms with van der Waals surface area (Å²) in [6.45, 7) is 11.2. The normalized spacial score (nSPS) is 37.4. The van der Waals surface area contributed by atoms with Crippen molar-refractivity contribution in [2.75, 3.05) is 0 Å². The molecular weight excluding hydrogens is 132 g/mol. The lowest BCUT2D eigenvalue weighted by Gasteiger charge is -2.29. The summed E-state index contributed by atoms with van der Waals surface area (Å²) in [6.07, 6.45) is 4.38. The summed E-state index contributed by atoms with van der Waals surface area (Å²) in [5, 5.41) is 0. The summed E-state index contributed by atoms with van der Waals surface area (Å²) >= 11 is 0. The quantitative estimate of drug-likeness (QED) is 0.495. The van der Waals surface area contributed by atoms with Gasteiger partial charge in [0.15, 0.2) is 0 Å². The van der Waals surface area contributed by atoms with Crippen molar-refractivity contribution in [1.29, 1.82) is 0 Å². The fourth-order valence-electron chi connectivity index (χ4n) is 1.82. The van der Waals surface area contributed by atoms with Crippen LogP contribution in [0.3, 0.4) is 0 Å². The van der Waals surface area contributed by atoms with Gasteiger partial charge in [0.2, 0.25) is 0 Å². The average Bonchev–Trinajstić information content (AvgIpc) is 2.02. The molecule has 0 heterocycles. The Labute approximate surface area is 72.4 Å². The predicted molar refractivity (Wildman–Crippen MR) is 52.7 cm³/mol. The Morgan fingerprint density at radius 3 is 1.73 bits per heavy atom. The number of hydrogen-bond acceptors (Lipinski definition) is 0. The monoisotopic (exact) mass is 156 g/mol. The van der Waals surface area contributed by atoms with E-state index in [-0.39, 0.29) is 0 Å². The Hall–Kier alpha value is 0. The second kappa shape index (κ2) is 5.62. The van der Waals surface area contributed by atoms with E-state index in [0.29, 0.717) is 0 Å². The number of rotatable bonds is 0. The van der Waals surface area contributed by atoms with Crippen LogP contribution in [0.2, 0.25) is 0 Å². The molecule has 1 aliphatic rings. The topological polar surface area (TPSA) is 0 Å². The first-order chi connectivity index (χ1) is 5.20. The van der Waals surface area contributed by atoms with Crippen LogP contribution in [-0.2, 0) is 0 Å². The van der Waals surface area contributed by atoms with Crippen LogP contribution in [0.4, 0.5) is 0 Å². The molecule has 1 fully saturated rings. The zero-order valence-corrected chi connectivity index (χ0v) is 8.85. The van der Waals surface area contributed by atoms with Crippen LogP contribution in [-0.4, -0.2) is 0 Å². The summed E-state index contributed by atoms with van der Waals surface area (Å²) in [7, 11) is 0. The van der Waals surface area contributed by atoms with E-state index in [1.807, 2.05) is 13.8 Å². The third-order valence-electron chi connectivity index (χ3n) is 2.86. The van der Waals surface area contributed by atoms with Crippen LogP contribution in [0.15, 0.2) is 0 Å². The van der Waals surface area contributed by atoms with Crippen LogP contribution in [0.1, 0.15) is 53.9 Å². The maximum absolute atomic E-state index is 2.39. The fourth-order valence-corrected chi connectivity index (χ4v) is 1.82. The molecule has 3 atom stereocenters. The van der Waals surface area contributed by atoms with Crippen molar-refractivity contribution in [1.82, 2.24) is 0 Å². The largest absolute Gasteiger partial charge is 0.0683 e. The van der Waals surface area contributed by atoms with Crippen LogP contribution >= 0.6 is 0 Å². The van der Waals surface area contributed by atoms with Crippen LogP contribution in [0.25, 0.3) is 0 Å². The molecule has 0 aromatic rings. The lowest BCUT2D eigenvalue weighted by molar-refractivity contribution is 0.220. The van der Waals surface area contributed by atoms with Gasteiger partial charge in [-0.25, -0.2) is 0 Å². The third kappa shape index (κ3) is 3.79. The number of hydrogen-bond donors (Lipinski definition) is 0. The van der Waals surface area contributed by atoms with E-state index in [1.165, 1.54) is 19.3 Å². The van der Waals surface area contributed by atoms with Crippen molar-refractivity contribution in [3.05, 3.63) is 0 Å². The van der Waals surface area contributed by atoms with Crippen LogP contribution in [0, 0.1) is 17.8 Å². The average molecular weight is 156 g/mol. The molecule has 1 saturated carbocycles. The van der Waals surface area contributed by atoms with Crippen molar-refractivity contribution in [3.63, 3.8) is 0 Å². The SMILES string of the molecule is CC.CC1CC[C@@H](C)[C@H](C)C1. The van der Waals surface area contributed by atoms with Gasteiger partial charge in [-0.05, 0) is 24.2 Å². The van der Waals surface area contributed by atoms with E-state index in [9.17, 15) is 0 Å². The van der Waals surface area contributed by atoms with E-state index in [1.54, 1.807) is 0 Å². The summed E-state index contributed by atoms with van der Waals surface area (Å²) in [5.41, 5.74) is 0. The molecule has 0 amide bonds. The van der Waals surface area contributed by atoms with Crippen molar-refractivity contribution in [3.8, 4) is 0 Å². The minimum Gasteiger partial charge on any atom is -0.0683 e. The molecule has 0 radical (unpaired) electrons. The fraction of sp³-hybridized carbons (Fsp3) is 1.00. The lowest BCUT2D eigenvalue weighted by atomic mass is 9.77. The molecule has 0 N–H and O–H groups in total. The maximum atomic E-state index is 2.39. The summed E-state index contributed by atoms with van der Waals surface area (Å²) < 4.78 is 0. The van der Waals surface area contributed by atoms with Gasteiger partial charge in [0.25, 0.3) is 0 Å². The summed E-state index contributed by atoms with van der Waals surface area (Å²) in [4.78, 5) is 0. The van der Waals surface area contributed by atoms with Crippen molar-refractivity contribution >= 4 is 0 Å². The third-order valence-corrected chi connectivity index (χ3v) is 2.86. The Balaban J connectivity index is 0.000000461. The van der Waals surface area contributed by atoms with E-state index >= 15 is 0 Å². The first kappa shape index (κ1) is 11.0. The van der Waals surface area contributed by atoms with Gasteiger partial charge in [-0.3, -0.25) is 0 Å². The second-order valence-corrected chi connectivity index (χ2v) is 3.87. The van der Waals surface area contributed by atoms with Crippen molar-refractivity contribution < 1.29 is 0 Å². The highest BCUT2D eigenvalue weighted by Gasteiger charge is 2.20. The summed E-state index contributed by atoms with van der Waals surface area (Å²) in [6, 6.07) is 0. The van der Waals surface area contributed by atoms with Gasteiger partial charge in [0, 0.05) is 0 Å². The van der Waals surface area contributed by atoms with E-state index in [4.69, 9.17) is 0 Å². The van der Waals surface area contributed by atoms with Crippen molar-refractivity contribution in [2.45, 2.75) is 53.9 Å². The molecule has 0 aromatic carbocycles. The molecule has 0 aromatic heterocycles. The molecule has 0 bridgehead atoms. The zero-order chi connectivity index (χ0) is 8.85. The van der Waals surface area contributed by atoms with Gasteiger partial charge in [-0.15, -0.1) is 0 Å². The Morgan fingerprint density at radius 2 is 1.36 bits per heavy atom. The van der Waals surface area contributed by atoms with Gasteiger partial charge < -0.3 is 0 Å². The van der Waals surface area contributed by atoms with Gasteiger partial charge in [0.05, 0.1) is 0 Å². The van der Waals surface area contributed by atoms with Gasteiger partial charge in [-0.2, -0.15) is 0 Å². The zero-order valence-electron chi connectivity index (χ0n) is 8.85. The Bertz CT molecular complexity index is 86.0. The summed E-state index contributed by atoms with van der Waals surface area (Å²) in [5.74, 6) is 2.96. The minimum absolute atomic E-state index is 0.980. The van der Waals surface area contributed by atoms with Gasteiger partial charge >= 0.3 is 0 Å². The molecule has 1 rings (SSSR count). The molecule has 68 valence electrons. The molecule has 0 nitrogen and oxygen atoms in total.